The predicted octanol–water partition coefficient (Wildman–Crippen LogP) is 1.73. The van der Waals surface area contributed by atoms with Crippen molar-refractivity contribution >= 4 is 17.8 Å². The Hall–Kier alpha value is -2.11. The van der Waals surface area contributed by atoms with E-state index in [1.165, 1.54) is 4.90 Å². The molecule has 0 spiro atoms. The molecule has 20 heavy (non-hydrogen) atoms. The van der Waals surface area contributed by atoms with Crippen LogP contribution in [0.2, 0.25) is 0 Å². The number of hydrogen-bond donors (Lipinski definition) is 2. The summed E-state index contributed by atoms with van der Waals surface area (Å²) in [6, 6.07) is 2.98. The molecule has 6 nitrogen and oxygen atoms in total. The molecule has 0 saturated carbocycles. The SMILES string of the molecule is CCCC1NC(=O)N(Cc2cccnc2NCC)C1=O. The molecule has 3 amide bonds. The maximum absolute atomic E-state index is 12.2. The van der Waals surface area contributed by atoms with Crippen LogP contribution in [-0.2, 0) is 11.3 Å². The van der Waals surface area contributed by atoms with Crippen LogP contribution in [0.1, 0.15) is 32.3 Å². The number of pyridine rings is 1. The van der Waals surface area contributed by atoms with Crippen molar-refractivity contribution < 1.29 is 9.59 Å². The fourth-order valence-corrected chi connectivity index (χ4v) is 2.27. The number of carbonyl (C=O) groups excluding carboxylic acids is 2. The van der Waals surface area contributed by atoms with E-state index in [0.29, 0.717) is 6.42 Å². The zero-order valence-corrected chi connectivity index (χ0v) is 11.8. The number of nitrogens with one attached hydrogen (secondary N) is 2. The fourth-order valence-electron chi connectivity index (χ4n) is 2.27. The second kappa shape index (κ2) is 6.36. The third-order valence-corrected chi connectivity index (χ3v) is 3.25. The summed E-state index contributed by atoms with van der Waals surface area (Å²) >= 11 is 0. The molecule has 0 bridgehead atoms. The van der Waals surface area contributed by atoms with E-state index in [2.05, 4.69) is 15.6 Å². The maximum atomic E-state index is 12.2. The first-order valence-electron chi connectivity index (χ1n) is 6.97. The van der Waals surface area contributed by atoms with Gasteiger partial charge in [-0.2, -0.15) is 0 Å². The van der Waals surface area contributed by atoms with Gasteiger partial charge in [-0.15, -0.1) is 0 Å². The predicted molar refractivity (Wildman–Crippen MR) is 76.2 cm³/mol. The summed E-state index contributed by atoms with van der Waals surface area (Å²) in [7, 11) is 0. The molecule has 1 aliphatic rings. The van der Waals surface area contributed by atoms with Gasteiger partial charge in [0, 0.05) is 18.3 Å². The van der Waals surface area contributed by atoms with Crippen LogP contribution < -0.4 is 10.6 Å². The summed E-state index contributed by atoms with van der Waals surface area (Å²) < 4.78 is 0. The lowest BCUT2D eigenvalue weighted by atomic mass is 10.1. The van der Waals surface area contributed by atoms with E-state index in [1.807, 2.05) is 19.9 Å². The minimum atomic E-state index is -0.383. The highest BCUT2D eigenvalue weighted by atomic mass is 16.2. The summed E-state index contributed by atoms with van der Waals surface area (Å²) in [5.74, 6) is 0.567. The first-order chi connectivity index (χ1) is 9.67. The van der Waals surface area contributed by atoms with Crippen LogP contribution in [0.5, 0.6) is 0 Å². The van der Waals surface area contributed by atoms with E-state index >= 15 is 0 Å². The van der Waals surface area contributed by atoms with Crippen molar-refractivity contribution in [2.45, 2.75) is 39.3 Å². The van der Waals surface area contributed by atoms with Crippen molar-refractivity contribution in [1.29, 1.82) is 0 Å². The first kappa shape index (κ1) is 14.3. The molecule has 0 aliphatic carbocycles. The number of nitrogens with zero attached hydrogens (tertiary/aromatic N) is 2. The van der Waals surface area contributed by atoms with Gasteiger partial charge in [0.2, 0.25) is 0 Å². The number of carbonyl (C=O) groups is 2. The largest absolute Gasteiger partial charge is 0.370 e. The van der Waals surface area contributed by atoms with Gasteiger partial charge in [0.05, 0.1) is 6.54 Å². The fraction of sp³-hybridized carbons (Fsp3) is 0.500. The van der Waals surface area contributed by atoms with E-state index in [4.69, 9.17) is 0 Å². The molecule has 1 fully saturated rings. The second-order valence-corrected chi connectivity index (χ2v) is 4.76. The maximum Gasteiger partial charge on any atom is 0.325 e. The quantitative estimate of drug-likeness (QED) is 0.776. The summed E-state index contributed by atoms with van der Waals surface area (Å²) in [5, 5.41) is 5.86. The number of aromatic nitrogens is 1. The van der Waals surface area contributed by atoms with Gasteiger partial charge in [-0.1, -0.05) is 19.4 Å². The smallest absolute Gasteiger partial charge is 0.325 e. The Morgan fingerprint density at radius 3 is 2.90 bits per heavy atom. The third kappa shape index (κ3) is 2.89. The first-order valence-corrected chi connectivity index (χ1v) is 6.97. The van der Waals surface area contributed by atoms with Crippen LogP contribution in [0.15, 0.2) is 18.3 Å². The molecular formula is C14H20N4O2. The van der Waals surface area contributed by atoms with Crippen molar-refractivity contribution in [2.75, 3.05) is 11.9 Å². The monoisotopic (exact) mass is 276 g/mol. The molecular weight excluding hydrogens is 256 g/mol. The van der Waals surface area contributed by atoms with Gasteiger partial charge >= 0.3 is 6.03 Å². The second-order valence-electron chi connectivity index (χ2n) is 4.76. The lowest BCUT2D eigenvalue weighted by Gasteiger charge is -2.15. The highest BCUT2D eigenvalue weighted by Gasteiger charge is 2.37. The van der Waals surface area contributed by atoms with Gasteiger partial charge in [-0.05, 0) is 19.4 Å². The van der Waals surface area contributed by atoms with E-state index in [1.54, 1.807) is 12.3 Å². The average Bonchev–Trinajstić information content (AvgIpc) is 2.69. The highest BCUT2D eigenvalue weighted by Crippen LogP contribution is 2.18. The zero-order chi connectivity index (χ0) is 14.5. The van der Waals surface area contributed by atoms with E-state index in [9.17, 15) is 9.59 Å². The minimum absolute atomic E-state index is 0.150. The average molecular weight is 276 g/mol. The normalized spacial score (nSPS) is 18.3. The van der Waals surface area contributed by atoms with Gasteiger partial charge in [0.25, 0.3) is 5.91 Å². The van der Waals surface area contributed by atoms with Crippen LogP contribution in [0.3, 0.4) is 0 Å². The minimum Gasteiger partial charge on any atom is -0.370 e. The van der Waals surface area contributed by atoms with Crippen LogP contribution in [0.25, 0.3) is 0 Å². The Kier molecular flexibility index (Phi) is 4.55. The lowest BCUT2D eigenvalue weighted by Crippen LogP contribution is -2.31. The standard InChI is InChI=1S/C14H20N4O2/c1-3-6-11-13(19)18(14(20)17-11)9-10-7-5-8-16-12(10)15-4-2/h5,7-8,11H,3-4,6,9H2,1-2H3,(H,15,16)(H,17,20). The molecule has 2 heterocycles. The Labute approximate surface area is 118 Å². The number of hydrogen-bond acceptors (Lipinski definition) is 4. The van der Waals surface area contributed by atoms with Gasteiger partial charge in [0.15, 0.2) is 0 Å². The zero-order valence-electron chi connectivity index (χ0n) is 11.8. The topological polar surface area (TPSA) is 74.3 Å². The van der Waals surface area contributed by atoms with Crippen LogP contribution >= 0.6 is 0 Å². The summed E-state index contributed by atoms with van der Waals surface area (Å²) in [6.45, 7) is 4.96. The van der Waals surface area contributed by atoms with Gasteiger partial charge in [0.1, 0.15) is 11.9 Å². The van der Waals surface area contributed by atoms with E-state index in [-0.39, 0.29) is 24.5 Å². The Morgan fingerprint density at radius 1 is 1.40 bits per heavy atom. The molecule has 0 radical (unpaired) electrons. The van der Waals surface area contributed by atoms with Crippen LogP contribution in [0, 0.1) is 0 Å². The third-order valence-electron chi connectivity index (χ3n) is 3.25. The van der Waals surface area contributed by atoms with E-state index in [0.717, 1.165) is 24.3 Å². The van der Waals surface area contributed by atoms with Crippen LogP contribution in [0.4, 0.5) is 10.6 Å². The molecule has 108 valence electrons. The van der Waals surface area contributed by atoms with Gasteiger partial charge in [-0.25, -0.2) is 9.78 Å². The summed E-state index contributed by atoms with van der Waals surface area (Å²) in [4.78, 5) is 29.6. The molecule has 1 saturated heterocycles. The number of rotatable bonds is 6. The van der Waals surface area contributed by atoms with Crippen LogP contribution in [-0.4, -0.2) is 34.4 Å². The molecule has 1 aromatic heterocycles. The molecule has 1 atom stereocenters. The van der Waals surface area contributed by atoms with E-state index < -0.39 is 0 Å². The van der Waals surface area contributed by atoms with Crippen molar-refractivity contribution in [3.05, 3.63) is 23.9 Å². The van der Waals surface area contributed by atoms with Crippen molar-refractivity contribution in [3.8, 4) is 0 Å². The highest BCUT2D eigenvalue weighted by molar-refractivity contribution is 6.04. The van der Waals surface area contributed by atoms with Gasteiger partial charge < -0.3 is 10.6 Å². The number of urea groups is 1. The Morgan fingerprint density at radius 2 is 2.20 bits per heavy atom. The Balaban J connectivity index is 2.14. The summed E-state index contributed by atoms with van der Waals surface area (Å²) in [6.07, 6.45) is 3.22. The number of anilines is 1. The Bertz CT molecular complexity index is 504. The lowest BCUT2D eigenvalue weighted by molar-refractivity contribution is -0.128. The molecule has 1 aliphatic heterocycles. The van der Waals surface area contributed by atoms with Crippen molar-refractivity contribution in [1.82, 2.24) is 15.2 Å². The van der Waals surface area contributed by atoms with Crippen molar-refractivity contribution in [3.63, 3.8) is 0 Å². The molecule has 2 rings (SSSR count). The molecule has 1 aromatic rings. The van der Waals surface area contributed by atoms with Gasteiger partial charge in [-0.3, -0.25) is 9.69 Å². The molecule has 1 unspecified atom stereocenters. The molecule has 2 N–H and O–H groups in total. The summed E-state index contributed by atoms with van der Waals surface area (Å²) in [5.41, 5.74) is 0.843. The number of amides is 3. The molecule has 0 aromatic carbocycles. The van der Waals surface area contributed by atoms with Crippen molar-refractivity contribution in [2.24, 2.45) is 0 Å². The number of imide groups is 1. The molecule has 6 heteroatoms.